The summed E-state index contributed by atoms with van der Waals surface area (Å²) in [7, 11) is 3.56. The van der Waals surface area contributed by atoms with Crippen LogP contribution in [0.4, 0.5) is 11.6 Å². The summed E-state index contributed by atoms with van der Waals surface area (Å²) in [6.07, 6.45) is 10.2. The number of hydrogen-bond donors (Lipinski definition) is 1. The lowest BCUT2D eigenvalue weighted by Crippen LogP contribution is -2.14. The van der Waals surface area contributed by atoms with E-state index in [2.05, 4.69) is 26.2 Å². The molecule has 0 radical (unpaired) electrons. The molecule has 8 heteroatoms. The van der Waals surface area contributed by atoms with E-state index in [1.54, 1.807) is 11.8 Å². The largest absolute Gasteiger partial charge is 0.496 e. The van der Waals surface area contributed by atoms with E-state index in [1.165, 1.54) is 0 Å². The van der Waals surface area contributed by atoms with Gasteiger partial charge in [0.1, 0.15) is 11.4 Å². The molecule has 0 spiro atoms. The van der Waals surface area contributed by atoms with E-state index in [9.17, 15) is 0 Å². The van der Waals surface area contributed by atoms with Gasteiger partial charge in [0.05, 0.1) is 26.0 Å². The number of ether oxygens (including phenoxy) is 2. The summed E-state index contributed by atoms with van der Waals surface area (Å²) in [4.78, 5) is 9.21. The highest BCUT2D eigenvalue weighted by molar-refractivity contribution is 5.77. The molecule has 0 amide bonds. The number of benzene rings is 1. The Morgan fingerprint density at radius 1 is 1.27 bits per heavy atom. The summed E-state index contributed by atoms with van der Waals surface area (Å²) in [5.74, 6) is 1.31. The molecular formula is C22H24N6O2. The fourth-order valence-corrected chi connectivity index (χ4v) is 3.88. The van der Waals surface area contributed by atoms with Gasteiger partial charge in [-0.05, 0) is 31.0 Å². The molecule has 8 nitrogen and oxygen atoms in total. The lowest BCUT2D eigenvalue weighted by atomic mass is 10.1. The molecule has 4 heterocycles. The van der Waals surface area contributed by atoms with Crippen molar-refractivity contribution in [3.05, 3.63) is 49.1 Å². The normalized spacial score (nSPS) is 16.3. The molecule has 1 aliphatic heterocycles. The predicted octanol–water partition coefficient (Wildman–Crippen LogP) is 3.76. The molecule has 0 bridgehead atoms. The van der Waals surface area contributed by atoms with E-state index >= 15 is 0 Å². The van der Waals surface area contributed by atoms with E-state index in [1.807, 2.05) is 49.9 Å². The minimum Gasteiger partial charge on any atom is -0.496 e. The topological polar surface area (TPSA) is 79.0 Å². The first kappa shape index (κ1) is 18.6. The van der Waals surface area contributed by atoms with E-state index in [4.69, 9.17) is 14.5 Å². The third-order valence-electron chi connectivity index (χ3n) is 5.40. The first-order valence-corrected chi connectivity index (χ1v) is 10.1. The van der Waals surface area contributed by atoms with Gasteiger partial charge in [-0.25, -0.2) is 4.98 Å². The van der Waals surface area contributed by atoms with Crippen LogP contribution < -0.4 is 10.1 Å². The smallest absolute Gasteiger partial charge is 0.229 e. The van der Waals surface area contributed by atoms with E-state index < -0.39 is 0 Å². The second kappa shape index (κ2) is 7.79. The molecule has 1 aromatic carbocycles. The average Bonchev–Trinajstić information content (AvgIpc) is 3.51. The molecule has 4 aromatic rings. The third kappa shape index (κ3) is 3.61. The first-order chi connectivity index (χ1) is 14.7. The summed E-state index contributed by atoms with van der Waals surface area (Å²) in [5, 5.41) is 8.56. The Morgan fingerprint density at radius 3 is 2.97 bits per heavy atom. The average molecular weight is 404 g/mol. The number of fused-ring (bicyclic) bond motifs is 1. The van der Waals surface area contributed by atoms with Gasteiger partial charge in [-0.15, -0.1) is 0 Å². The van der Waals surface area contributed by atoms with Crippen LogP contribution in [0.5, 0.6) is 5.75 Å². The summed E-state index contributed by atoms with van der Waals surface area (Å²) < 4.78 is 15.3. The number of nitrogens with zero attached hydrogens (tertiary/aromatic N) is 5. The minimum absolute atomic E-state index is 0.260. The summed E-state index contributed by atoms with van der Waals surface area (Å²) in [5.41, 5.74) is 3.75. The number of anilines is 2. The van der Waals surface area contributed by atoms with Gasteiger partial charge in [-0.1, -0.05) is 0 Å². The van der Waals surface area contributed by atoms with Crippen LogP contribution in [0, 0.1) is 0 Å². The molecule has 1 atom stereocenters. The SMILES string of the molecule is COc1cc(Nc2ncc3ccn(CC4CCCO4)c3n2)ccc1-c1cnn(C)c1. The monoisotopic (exact) mass is 404 g/mol. The zero-order valence-corrected chi connectivity index (χ0v) is 17.1. The van der Waals surface area contributed by atoms with E-state index in [0.717, 1.165) is 59.6 Å². The molecule has 0 saturated carbocycles. The van der Waals surface area contributed by atoms with Crippen molar-refractivity contribution in [2.24, 2.45) is 7.05 Å². The summed E-state index contributed by atoms with van der Waals surface area (Å²) >= 11 is 0. The van der Waals surface area contributed by atoms with Crippen molar-refractivity contribution in [1.82, 2.24) is 24.3 Å². The Balaban J connectivity index is 1.40. The van der Waals surface area contributed by atoms with E-state index in [0.29, 0.717) is 5.95 Å². The highest BCUT2D eigenvalue weighted by Crippen LogP contribution is 2.33. The van der Waals surface area contributed by atoms with Crippen LogP contribution in [-0.4, -0.2) is 44.1 Å². The maximum absolute atomic E-state index is 5.78. The lowest BCUT2D eigenvalue weighted by molar-refractivity contribution is 0.0979. The Labute approximate surface area is 174 Å². The van der Waals surface area contributed by atoms with Crippen molar-refractivity contribution in [3.63, 3.8) is 0 Å². The predicted molar refractivity (Wildman–Crippen MR) is 115 cm³/mol. The third-order valence-corrected chi connectivity index (χ3v) is 5.40. The quantitative estimate of drug-likeness (QED) is 0.527. The second-order valence-electron chi connectivity index (χ2n) is 7.52. The van der Waals surface area contributed by atoms with Crippen LogP contribution in [0.3, 0.4) is 0 Å². The fourth-order valence-electron chi connectivity index (χ4n) is 3.88. The molecule has 1 unspecified atom stereocenters. The maximum atomic E-state index is 5.78. The Kier molecular flexibility index (Phi) is 4.84. The lowest BCUT2D eigenvalue weighted by Gasteiger charge is -2.12. The van der Waals surface area contributed by atoms with Gasteiger partial charge in [0, 0.05) is 60.5 Å². The van der Waals surface area contributed by atoms with Crippen LogP contribution in [0.2, 0.25) is 0 Å². The zero-order valence-electron chi connectivity index (χ0n) is 17.1. The number of rotatable bonds is 6. The molecule has 1 aliphatic rings. The van der Waals surface area contributed by atoms with Crippen LogP contribution in [-0.2, 0) is 18.3 Å². The number of aromatic nitrogens is 5. The van der Waals surface area contributed by atoms with Gasteiger partial charge in [0.15, 0.2) is 0 Å². The molecule has 1 fully saturated rings. The first-order valence-electron chi connectivity index (χ1n) is 10.1. The van der Waals surface area contributed by atoms with Gasteiger partial charge in [-0.3, -0.25) is 4.68 Å². The molecule has 3 aromatic heterocycles. The van der Waals surface area contributed by atoms with Crippen molar-refractivity contribution in [2.45, 2.75) is 25.5 Å². The molecule has 5 rings (SSSR count). The number of nitrogens with one attached hydrogen (secondary N) is 1. The van der Waals surface area contributed by atoms with Crippen LogP contribution in [0.1, 0.15) is 12.8 Å². The van der Waals surface area contributed by atoms with Crippen molar-refractivity contribution >= 4 is 22.7 Å². The summed E-state index contributed by atoms with van der Waals surface area (Å²) in [6.45, 7) is 1.66. The van der Waals surface area contributed by atoms with Gasteiger partial charge >= 0.3 is 0 Å². The van der Waals surface area contributed by atoms with Crippen molar-refractivity contribution in [2.75, 3.05) is 19.0 Å². The summed E-state index contributed by atoms with van der Waals surface area (Å²) in [6, 6.07) is 7.99. The highest BCUT2D eigenvalue weighted by atomic mass is 16.5. The van der Waals surface area contributed by atoms with Gasteiger partial charge in [-0.2, -0.15) is 10.1 Å². The van der Waals surface area contributed by atoms with Gasteiger partial charge in [0.25, 0.3) is 0 Å². The molecule has 1 N–H and O–H groups in total. The van der Waals surface area contributed by atoms with Crippen LogP contribution >= 0.6 is 0 Å². The Bertz CT molecular complexity index is 1180. The highest BCUT2D eigenvalue weighted by Gasteiger charge is 2.17. The molecule has 0 aliphatic carbocycles. The molecule has 154 valence electrons. The van der Waals surface area contributed by atoms with Gasteiger partial charge in [0.2, 0.25) is 5.95 Å². The van der Waals surface area contributed by atoms with Crippen molar-refractivity contribution in [1.29, 1.82) is 0 Å². The van der Waals surface area contributed by atoms with Crippen molar-refractivity contribution < 1.29 is 9.47 Å². The Morgan fingerprint density at radius 2 is 2.20 bits per heavy atom. The number of methoxy groups -OCH3 is 1. The van der Waals surface area contributed by atoms with Gasteiger partial charge < -0.3 is 19.4 Å². The van der Waals surface area contributed by atoms with Crippen LogP contribution in [0.25, 0.3) is 22.2 Å². The molecule has 1 saturated heterocycles. The number of aryl methyl sites for hydroxylation is 1. The minimum atomic E-state index is 0.260. The maximum Gasteiger partial charge on any atom is 0.229 e. The Hall–Kier alpha value is -3.39. The second-order valence-corrected chi connectivity index (χ2v) is 7.52. The molecule has 30 heavy (non-hydrogen) atoms. The molecular weight excluding hydrogens is 380 g/mol. The zero-order chi connectivity index (χ0) is 20.5. The standard InChI is InChI=1S/C22H24N6O2/c1-27-13-16(12-24-27)19-6-5-17(10-20(19)29-2)25-22-23-11-15-7-8-28(21(15)26-22)14-18-4-3-9-30-18/h5-8,10-13,18H,3-4,9,14H2,1-2H3,(H,23,25,26). The fraction of sp³-hybridized carbons (Fsp3) is 0.318. The number of hydrogen-bond acceptors (Lipinski definition) is 6. The van der Waals surface area contributed by atoms with E-state index in [-0.39, 0.29) is 6.10 Å². The van der Waals surface area contributed by atoms with Crippen LogP contribution in [0.15, 0.2) is 49.1 Å². The van der Waals surface area contributed by atoms with Crippen molar-refractivity contribution in [3.8, 4) is 16.9 Å².